The van der Waals surface area contributed by atoms with E-state index in [0.29, 0.717) is 6.04 Å². The Bertz CT molecular complexity index is 518. The summed E-state index contributed by atoms with van der Waals surface area (Å²) in [4.78, 5) is 2.69. The molecule has 3 fully saturated rings. The SMILES string of the molecule is CC1(C)CC(N(Cc2ccccc2)CC2C3CCOCC32)CO1. The van der Waals surface area contributed by atoms with Crippen LogP contribution < -0.4 is 0 Å². The van der Waals surface area contributed by atoms with Crippen molar-refractivity contribution in [3.63, 3.8) is 0 Å². The first-order valence-corrected chi connectivity index (χ1v) is 9.12. The zero-order valence-electron chi connectivity index (χ0n) is 14.4. The second-order valence-electron chi connectivity index (χ2n) is 8.20. The molecule has 0 bridgehead atoms. The van der Waals surface area contributed by atoms with Gasteiger partial charge >= 0.3 is 0 Å². The summed E-state index contributed by atoms with van der Waals surface area (Å²) >= 11 is 0. The Kier molecular flexibility index (Phi) is 4.21. The highest BCUT2D eigenvalue weighted by Gasteiger charge is 2.52. The molecule has 0 N–H and O–H groups in total. The van der Waals surface area contributed by atoms with Crippen molar-refractivity contribution >= 4 is 0 Å². The molecule has 0 amide bonds. The van der Waals surface area contributed by atoms with Crippen LogP contribution in [-0.4, -0.2) is 42.9 Å². The highest BCUT2D eigenvalue weighted by atomic mass is 16.5. The Labute approximate surface area is 140 Å². The summed E-state index contributed by atoms with van der Waals surface area (Å²) in [6.45, 7) is 9.52. The summed E-state index contributed by atoms with van der Waals surface area (Å²) in [5.74, 6) is 2.57. The third-order valence-electron chi connectivity index (χ3n) is 6.00. The standard InChI is InChI=1S/C20H29NO2/c1-20(2)10-16(13-23-20)21(11-15-6-4-3-5-7-15)12-18-17-8-9-22-14-19(17)18/h3-7,16-19H,8-14H2,1-2H3. The topological polar surface area (TPSA) is 21.7 Å². The molecular formula is C20H29NO2. The van der Waals surface area contributed by atoms with E-state index in [-0.39, 0.29) is 5.60 Å². The molecule has 1 aromatic carbocycles. The minimum Gasteiger partial charge on any atom is -0.381 e. The fourth-order valence-electron chi connectivity index (χ4n) is 4.58. The largest absolute Gasteiger partial charge is 0.381 e. The van der Waals surface area contributed by atoms with E-state index in [4.69, 9.17) is 9.47 Å². The van der Waals surface area contributed by atoms with E-state index in [0.717, 1.165) is 50.5 Å². The van der Waals surface area contributed by atoms with Crippen molar-refractivity contribution in [3.8, 4) is 0 Å². The van der Waals surface area contributed by atoms with Gasteiger partial charge in [0.2, 0.25) is 0 Å². The Morgan fingerprint density at radius 1 is 1.13 bits per heavy atom. The first-order valence-electron chi connectivity index (χ1n) is 9.12. The van der Waals surface area contributed by atoms with Gasteiger partial charge in [-0.15, -0.1) is 0 Å². The van der Waals surface area contributed by atoms with Gasteiger partial charge in [-0.05, 0) is 50.0 Å². The first-order chi connectivity index (χ1) is 11.1. The third kappa shape index (κ3) is 3.47. The Hall–Kier alpha value is -0.900. The lowest BCUT2D eigenvalue weighted by molar-refractivity contribution is 0.0322. The highest BCUT2D eigenvalue weighted by Crippen LogP contribution is 2.51. The molecule has 2 saturated heterocycles. The molecule has 3 aliphatic rings. The number of benzene rings is 1. The van der Waals surface area contributed by atoms with Crippen LogP contribution in [0.1, 0.15) is 32.3 Å². The minimum absolute atomic E-state index is 0.0268. The molecule has 3 nitrogen and oxygen atoms in total. The lowest BCUT2D eigenvalue weighted by Crippen LogP contribution is -2.38. The van der Waals surface area contributed by atoms with Gasteiger partial charge in [0.25, 0.3) is 0 Å². The van der Waals surface area contributed by atoms with Gasteiger partial charge in [-0.3, -0.25) is 4.90 Å². The molecule has 0 radical (unpaired) electrons. The van der Waals surface area contributed by atoms with Gasteiger partial charge in [0.15, 0.2) is 0 Å². The molecule has 0 spiro atoms. The van der Waals surface area contributed by atoms with Crippen LogP contribution in [0.3, 0.4) is 0 Å². The smallest absolute Gasteiger partial charge is 0.0643 e. The van der Waals surface area contributed by atoms with Crippen LogP contribution in [-0.2, 0) is 16.0 Å². The predicted molar refractivity (Wildman–Crippen MR) is 91.2 cm³/mol. The monoisotopic (exact) mass is 315 g/mol. The molecule has 1 aliphatic carbocycles. The Morgan fingerprint density at radius 3 is 2.61 bits per heavy atom. The van der Waals surface area contributed by atoms with E-state index in [1.54, 1.807) is 0 Å². The second kappa shape index (κ2) is 6.19. The molecular weight excluding hydrogens is 286 g/mol. The molecule has 23 heavy (non-hydrogen) atoms. The fraction of sp³-hybridized carbons (Fsp3) is 0.700. The number of hydrogen-bond donors (Lipinski definition) is 0. The van der Waals surface area contributed by atoms with Crippen LogP contribution in [0.2, 0.25) is 0 Å². The molecule has 4 rings (SSSR count). The van der Waals surface area contributed by atoms with Crippen molar-refractivity contribution in [3.05, 3.63) is 35.9 Å². The second-order valence-corrected chi connectivity index (χ2v) is 8.20. The first kappa shape index (κ1) is 15.6. The van der Waals surface area contributed by atoms with Crippen LogP contribution in [0.5, 0.6) is 0 Å². The normalized spacial score (nSPS) is 35.3. The molecule has 3 heteroatoms. The van der Waals surface area contributed by atoms with Gasteiger partial charge in [0.05, 0.1) is 12.2 Å². The predicted octanol–water partition coefficient (Wildman–Crippen LogP) is 3.34. The zero-order chi connectivity index (χ0) is 15.9. The number of rotatable bonds is 5. The molecule has 0 aromatic heterocycles. The van der Waals surface area contributed by atoms with Gasteiger partial charge in [0.1, 0.15) is 0 Å². The summed E-state index contributed by atoms with van der Waals surface area (Å²) < 4.78 is 11.7. The fourth-order valence-corrected chi connectivity index (χ4v) is 4.58. The third-order valence-corrected chi connectivity index (χ3v) is 6.00. The minimum atomic E-state index is 0.0268. The van der Waals surface area contributed by atoms with Crippen molar-refractivity contribution in [2.45, 2.75) is 44.9 Å². The van der Waals surface area contributed by atoms with Crippen LogP contribution in [0.4, 0.5) is 0 Å². The van der Waals surface area contributed by atoms with Gasteiger partial charge in [-0.1, -0.05) is 30.3 Å². The molecule has 2 heterocycles. The Balaban J connectivity index is 1.45. The lowest BCUT2D eigenvalue weighted by atomic mass is 10.0. The van der Waals surface area contributed by atoms with Gasteiger partial charge < -0.3 is 9.47 Å². The number of hydrogen-bond acceptors (Lipinski definition) is 3. The van der Waals surface area contributed by atoms with E-state index in [1.165, 1.54) is 18.5 Å². The molecule has 4 unspecified atom stereocenters. The molecule has 4 atom stereocenters. The maximum atomic E-state index is 6.03. The summed E-state index contributed by atoms with van der Waals surface area (Å²) in [7, 11) is 0. The number of ether oxygens (including phenoxy) is 2. The average molecular weight is 315 g/mol. The van der Waals surface area contributed by atoms with Crippen molar-refractivity contribution in [2.75, 3.05) is 26.4 Å². The number of fused-ring (bicyclic) bond motifs is 1. The molecule has 2 aliphatic heterocycles. The van der Waals surface area contributed by atoms with Crippen LogP contribution in [0.15, 0.2) is 30.3 Å². The van der Waals surface area contributed by atoms with Crippen molar-refractivity contribution in [1.29, 1.82) is 0 Å². The van der Waals surface area contributed by atoms with Crippen molar-refractivity contribution < 1.29 is 9.47 Å². The van der Waals surface area contributed by atoms with E-state index in [2.05, 4.69) is 49.1 Å². The van der Waals surface area contributed by atoms with Gasteiger partial charge in [-0.25, -0.2) is 0 Å². The maximum Gasteiger partial charge on any atom is 0.0643 e. The van der Waals surface area contributed by atoms with E-state index >= 15 is 0 Å². The number of nitrogens with zero attached hydrogens (tertiary/aromatic N) is 1. The molecule has 1 saturated carbocycles. The quantitative estimate of drug-likeness (QED) is 0.832. The van der Waals surface area contributed by atoms with Crippen molar-refractivity contribution in [1.82, 2.24) is 4.90 Å². The van der Waals surface area contributed by atoms with Gasteiger partial charge in [-0.2, -0.15) is 0 Å². The van der Waals surface area contributed by atoms with E-state index in [9.17, 15) is 0 Å². The summed E-state index contributed by atoms with van der Waals surface area (Å²) in [6.07, 6.45) is 2.40. The highest BCUT2D eigenvalue weighted by molar-refractivity contribution is 5.15. The van der Waals surface area contributed by atoms with E-state index in [1.807, 2.05) is 0 Å². The summed E-state index contributed by atoms with van der Waals surface area (Å²) in [6, 6.07) is 11.4. The average Bonchev–Trinajstić information content (AvgIpc) is 3.12. The van der Waals surface area contributed by atoms with Crippen molar-refractivity contribution in [2.24, 2.45) is 17.8 Å². The van der Waals surface area contributed by atoms with Crippen LogP contribution in [0.25, 0.3) is 0 Å². The molecule has 126 valence electrons. The van der Waals surface area contributed by atoms with Crippen LogP contribution in [0, 0.1) is 17.8 Å². The Morgan fingerprint density at radius 2 is 1.96 bits per heavy atom. The zero-order valence-corrected chi connectivity index (χ0v) is 14.4. The van der Waals surface area contributed by atoms with Crippen LogP contribution >= 0.6 is 0 Å². The molecule has 1 aromatic rings. The maximum absolute atomic E-state index is 6.03. The lowest BCUT2D eigenvalue weighted by Gasteiger charge is -2.29. The van der Waals surface area contributed by atoms with Gasteiger partial charge in [0, 0.05) is 32.3 Å². The summed E-state index contributed by atoms with van der Waals surface area (Å²) in [5, 5.41) is 0. The van der Waals surface area contributed by atoms with E-state index < -0.39 is 0 Å². The summed E-state index contributed by atoms with van der Waals surface area (Å²) in [5.41, 5.74) is 1.44.